The van der Waals surface area contributed by atoms with E-state index in [1.807, 2.05) is 24.8 Å². The molecule has 29 heteroatoms. The number of sulfonamides is 1. The number of hydrogen-bond acceptors (Lipinski definition) is 14. The van der Waals surface area contributed by atoms with Gasteiger partial charge in [0, 0.05) is 91.5 Å². The average molecular weight is 1350 g/mol. The van der Waals surface area contributed by atoms with E-state index in [-0.39, 0.29) is 90.2 Å². The Labute approximate surface area is 545 Å². The van der Waals surface area contributed by atoms with Crippen molar-refractivity contribution in [1.82, 2.24) is 40.9 Å². The molecule has 498 valence electrons. The minimum absolute atomic E-state index is 0.00954. The van der Waals surface area contributed by atoms with Gasteiger partial charge in [0.2, 0.25) is 41.4 Å². The number of anilines is 1. The van der Waals surface area contributed by atoms with Crippen molar-refractivity contribution in [3.63, 3.8) is 0 Å². The molecule has 0 bridgehead atoms. The first-order valence-electron chi connectivity index (χ1n) is 31.1. The smallest absolute Gasteiger partial charge is 0.370 e. The number of nitrogens with one attached hydrogen (secondary N) is 5. The van der Waals surface area contributed by atoms with E-state index in [1.54, 1.807) is 41.3 Å². The van der Waals surface area contributed by atoms with Crippen LogP contribution in [0.2, 0.25) is 0 Å². The van der Waals surface area contributed by atoms with E-state index in [0.29, 0.717) is 91.7 Å². The number of nitrogens with two attached hydrogens (primary N) is 1. The maximum absolute atomic E-state index is 14.9. The van der Waals surface area contributed by atoms with Crippen LogP contribution in [0, 0.1) is 24.7 Å². The van der Waals surface area contributed by atoms with Crippen molar-refractivity contribution in [2.75, 3.05) is 37.4 Å². The number of primary amides is 1. The number of carbonyl (C=O) groups is 9. The van der Waals surface area contributed by atoms with Crippen molar-refractivity contribution in [2.45, 2.75) is 144 Å². The highest BCUT2D eigenvalue weighted by atomic mass is 32.2. The van der Waals surface area contributed by atoms with Gasteiger partial charge in [-0.15, -0.1) is 11.3 Å². The molecule has 0 saturated carbocycles. The molecule has 5 aliphatic heterocycles. The molecule has 4 aromatic carbocycles. The molecule has 1 aromatic heterocycles. The molecular formula is C65H73F2N10O14PS2. The summed E-state index contributed by atoms with van der Waals surface area (Å²) in [5, 5.41) is 10.8. The first kappa shape index (κ1) is 68.4. The van der Waals surface area contributed by atoms with Crippen molar-refractivity contribution < 1.29 is 74.7 Å². The van der Waals surface area contributed by atoms with Gasteiger partial charge in [-0.2, -0.15) is 8.78 Å². The first-order valence-corrected chi connectivity index (χ1v) is 35.0. The Bertz CT molecular complexity index is 4040. The number of carbonyl (C=O) groups excluding carboxylic acids is 9. The van der Waals surface area contributed by atoms with Crippen LogP contribution in [-0.2, 0) is 66.8 Å². The van der Waals surface area contributed by atoms with Crippen LogP contribution in [0.1, 0.15) is 125 Å². The molecule has 0 aliphatic carbocycles. The zero-order chi connectivity index (χ0) is 67.4. The number of rotatable bonds is 21. The molecule has 5 aromatic rings. The third-order valence-corrected chi connectivity index (χ3v) is 21.6. The van der Waals surface area contributed by atoms with Crippen LogP contribution in [0.15, 0.2) is 95.9 Å². The lowest BCUT2D eigenvalue weighted by atomic mass is 9.91. The third kappa shape index (κ3) is 15.5. The van der Waals surface area contributed by atoms with Gasteiger partial charge in [-0.25, -0.2) is 8.42 Å². The standard InChI is InChI=1S/C65H73F2N10O14PS2/c1-3-74-30-29-45-18-22-53(77(45)64(86)51(37-74)71-61(83)55-35-42-34-43(15-24-54(42)93-55)65(66,67)92(87,88)89)60(82)69-49(21-25-56(68)78)58(80)70-50(33-40-13-16-44(17-14-40)73-94(90,91)46-19-11-38(2)12-20-46)63(85)75-31-27-39(28-32-75)7-4-5-8-41-9-6-10-47-48(41)36-76(62(47)84)52-23-26-57(79)72-59(52)81/h6,9-17,19-20,24,34-35,39,45,49-53,73H,3-4,7,18,21-23,25-33,36-37H2,1-2H3,(H2,68,78)(H,69,82)(H,70,80)(H,71,83)(H,72,79,81)(H2,87,88,89)/t45-,49+,50+,51+,52?,53+/m1/s1. The average Bonchev–Trinajstić information content (AvgIpc) is 1.52. The van der Waals surface area contributed by atoms with Crippen LogP contribution in [0.25, 0.3) is 10.1 Å². The van der Waals surface area contributed by atoms with E-state index >= 15 is 0 Å². The summed E-state index contributed by atoms with van der Waals surface area (Å²) in [5.41, 5.74) is 3.63. The molecule has 1 unspecified atom stereocenters. The number of fused-ring (bicyclic) bond motifs is 3. The number of benzene rings is 4. The molecule has 5 aliphatic rings. The highest BCUT2D eigenvalue weighted by Gasteiger charge is 2.51. The van der Waals surface area contributed by atoms with Crippen molar-refractivity contribution in [3.8, 4) is 11.8 Å². The van der Waals surface area contributed by atoms with Crippen LogP contribution in [0.3, 0.4) is 0 Å². The zero-order valence-corrected chi connectivity index (χ0v) is 54.1. The number of amides is 9. The molecule has 10 rings (SSSR count). The molecule has 9 N–H and O–H groups in total. The number of hydrogen-bond donors (Lipinski definition) is 8. The number of nitrogens with zero attached hydrogens (tertiary/aromatic N) is 4. The maximum atomic E-state index is 14.9. The highest BCUT2D eigenvalue weighted by molar-refractivity contribution is 7.92. The molecular weight excluding hydrogens is 1280 g/mol. The maximum Gasteiger partial charge on any atom is 0.399 e. The summed E-state index contributed by atoms with van der Waals surface area (Å²) in [6.07, 6.45) is 2.97. The quantitative estimate of drug-likeness (QED) is 0.0280. The van der Waals surface area contributed by atoms with Crippen LogP contribution < -0.4 is 31.7 Å². The summed E-state index contributed by atoms with van der Waals surface area (Å²) in [4.78, 5) is 149. The second-order valence-corrected chi connectivity index (χ2v) is 28.9. The third-order valence-electron chi connectivity index (χ3n) is 18.1. The highest BCUT2D eigenvalue weighted by Crippen LogP contribution is 2.59. The monoisotopic (exact) mass is 1350 g/mol. The summed E-state index contributed by atoms with van der Waals surface area (Å²) in [6.45, 7) is 5.51. The Morgan fingerprint density at radius 1 is 0.883 bits per heavy atom. The summed E-state index contributed by atoms with van der Waals surface area (Å²) < 4.78 is 70.5. The van der Waals surface area contributed by atoms with Crippen molar-refractivity contribution >= 4 is 97.9 Å². The minimum Gasteiger partial charge on any atom is -0.370 e. The summed E-state index contributed by atoms with van der Waals surface area (Å²) >= 11 is 0.907. The first-order chi connectivity index (χ1) is 44.7. The largest absolute Gasteiger partial charge is 0.399 e. The molecule has 6 atom stereocenters. The number of thiophene rings is 1. The molecule has 4 saturated heterocycles. The van der Waals surface area contributed by atoms with Gasteiger partial charge in [-0.05, 0) is 142 Å². The van der Waals surface area contributed by atoms with Crippen LogP contribution >= 0.6 is 18.9 Å². The number of aryl methyl sites for hydroxylation is 1. The van der Waals surface area contributed by atoms with Crippen molar-refractivity contribution in [2.24, 2.45) is 11.7 Å². The van der Waals surface area contributed by atoms with Gasteiger partial charge in [-0.3, -0.25) is 57.8 Å². The van der Waals surface area contributed by atoms with Gasteiger partial charge >= 0.3 is 13.3 Å². The van der Waals surface area contributed by atoms with E-state index in [9.17, 15) is 74.7 Å². The lowest BCUT2D eigenvalue weighted by Crippen LogP contribution is -2.62. The molecule has 4 fully saturated rings. The summed E-state index contributed by atoms with van der Waals surface area (Å²) in [6, 6.07) is 15.7. The van der Waals surface area contributed by atoms with E-state index in [4.69, 9.17) is 5.73 Å². The van der Waals surface area contributed by atoms with Gasteiger partial charge in [0.15, 0.2) is 0 Å². The second kappa shape index (κ2) is 28.6. The van der Waals surface area contributed by atoms with Crippen molar-refractivity contribution in [1.29, 1.82) is 0 Å². The molecule has 0 radical (unpaired) electrons. The molecule has 9 amide bonds. The van der Waals surface area contributed by atoms with Crippen LogP contribution in [0.5, 0.6) is 0 Å². The van der Waals surface area contributed by atoms with E-state index in [1.165, 1.54) is 46.2 Å². The number of alkyl halides is 2. The Morgan fingerprint density at radius 2 is 1.62 bits per heavy atom. The van der Waals surface area contributed by atoms with Crippen molar-refractivity contribution in [3.05, 3.63) is 129 Å². The number of likely N-dealkylation sites (tertiary alicyclic amines) is 1. The van der Waals surface area contributed by atoms with Gasteiger partial charge < -0.3 is 51.1 Å². The molecule has 24 nitrogen and oxygen atoms in total. The zero-order valence-electron chi connectivity index (χ0n) is 51.6. The summed E-state index contributed by atoms with van der Waals surface area (Å²) in [5.74, 6) is 1.27. The van der Waals surface area contributed by atoms with Gasteiger partial charge in [0.25, 0.3) is 21.8 Å². The molecule has 94 heavy (non-hydrogen) atoms. The Hall–Kier alpha value is -8.45. The van der Waals surface area contributed by atoms with Crippen LogP contribution in [-0.4, -0.2) is 160 Å². The Morgan fingerprint density at radius 3 is 2.31 bits per heavy atom. The van der Waals surface area contributed by atoms with Gasteiger partial charge in [0.1, 0.15) is 30.2 Å². The Kier molecular flexibility index (Phi) is 20.8. The SMILES string of the molecule is CCN1CC[C@H]2CC[C@@H](C(=O)N[C@@H](CCC(N)=O)C(=O)N[C@@H](Cc3ccc(NS(=O)(=O)c4ccc(C)cc4)cc3)C(=O)N3CCC(CCC#Cc4cccc5c4CN(C4CCC(=O)NC4=O)C5=O)CC3)N2C(=O)[C@@H](NC(=O)c2cc3cc(C(F)(F)P(=O)(O)O)ccc3s2)C1. The topological polar surface area (TPSA) is 344 Å². The lowest BCUT2D eigenvalue weighted by molar-refractivity contribution is -0.144. The number of piperidine rings is 2. The van der Waals surface area contributed by atoms with Gasteiger partial charge in [0.05, 0.1) is 9.77 Å². The molecule has 0 spiro atoms. The number of imide groups is 1. The normalized spacial score (nSPS) is 20.4. The Balaban J connectivity index is 0.827. The van der Waals surface area contributed by atoms with E-state index in [0.717, 1.165) is 29.0 Å². The fourth-order valence-corrected chi connectivity index (χ4v) is 15.3. The fourth-order valence-electron chi connectivity index (χ4n) is 12.8. The number of likely N-dealkylation sites (N-methyl/N-ethyl adjacent to an activating group) is 1. The lowest BCUT2D eigenvalue weighted by Gasteiger charge is -2.38. The predicted molar refractivity (Wildman–Crippen MR) is 342 cm³/mol. The molecule has 6 heterocycles. The minimum atomic E-state index is -5.90. The predicted octanol–water partition coefficient (Wildman–Crippen LogP) is 4.73. The van der Waals surface area contributed by atoms with E-state index < -0.39 is 106 Å². The summed E-state index contributed by atoms with van der Waals surface area (Å²) in [7, 11) is -9.88. The fraction of sp³-hybridized carbons (Fsp3) is 0.431. The van der Waals surface area contributed by atoms with E-state index in [2.05, 4.69) is 37.8 Å². The second-order valence-electron chi connectivity index (χ2n) is 24.4. The van der Waals surface area contributed by atoms with Crippen LogP contribution in [0.4, 0.5) is 14.5 Å². The number of halogens is 2. The van der Waals surface area contributed by atoms with Gasteiger partial charge in [-0.1, -0.05) is 60.7 Å².